The molecular formula is C96H126N18O12. The quantitative estimate of drug-likeness (QED) is 0.0186. The normalized spacial score (nSPS) is 29.8. The summed E-state index contributed by atoms with van der Waals surface area (Å²) in [5.74, 6) is 0. The molecule has 12 heterocycles. The van der Waals surface area contributed by atoms with Crippen molar-refractivity contribution in [1.82, 2.24) is 91.2 Å². The first-order valence-corrected chi connectivity index (χ1v) is 38.6. The van der Waals surface area contributed by atoms with Crippen LogP contribution < -0.4 is 31.9 Å². The van der Waals surface area contributed by atoms with E-state index in [1.165, 1.54) is 69.7 Å². The zero-order chi connectivity index (χ0) is 138. The number of benzene rings is 6. The van der Waals surface area contributed by atoms with Gasteiger partial charge in [0.05, 0.1) is 64.9 Å². The number of aromatic amines is 6. The number of nitrogens with zero attached hydrogens (tertiary/aromatic N) is 6. The number of fused-ring (bicyclic) bond motifs is 6. The van der Waals surface area contributed by atoms with Gasteiger partial charge in [-0.05, 0) is 300 Å². The third-order valence-corrected chi connectivity index (χ3v) is 18.7. The highest BCUT2D eigenvalue weighted by Gasteiger charge is 2.29. The van der Waals surface area contributed by atoms with Crippen LogP contribution >= 0.6 is 0 Å². The Hall–Kier alpha value is -12.1. The number of amides is 6. The molecule has 6 aliphatic rings. The highest BCUT2D eigenvalue weighted by Crippen LogP contribution is 2.29. The maximum Gasteiger partial charge on any atom is 0.407 e. The molecule has 672 valence electrons. The van der Waals surface area contributed by atoms with E-state index in [0.717, 1.165) is 21.8 Å². The van der Waals surface area contributed by atoms with Crippen LogP contribution in [0.4, 0.5) is 28.8 Å². The van der Waals surface area contributed by atoms with E-state index < -0.39 is 201 Å². The van der Waals surface area contributed by atoms with Gasteiger partial charge in [0.15, 0.2) is 8.47 Å². The molecule has 30 heteroatoms. The topological polar surface area (TPSA) is 344 Å². The number of H-pyrrole nitrogens is 6. The molecule has 0 unspecified atom stereocenters. The molecule has 0 aliphatic carbocycles. The molecule has 12 aromatic rings. The van der Waals surface area contributed by atoms with E-state index in [-0.39, 0.29) is 257 Å². The Labute approximate surface area is 817 Å². The average molecular weight is 1780 g/mol. The van der Waals surface area contributed by atoms with E-state index in [0.29, 0.717) is 76.9 Å². The lowest BCUT2D eigenvalue weighted by atomic mass is 10.0. The van der Waals surface area contributed by atoms with Crippen molar-refractivity contribution in [3.8, 4) is 0 Å². The average Bonchev–Trinajstić information content (AvgIpc) is 1.60. The Balaban J connectivity index is 0.000000178. The van der Waals surface area contributed by atoms with Crippen LogP contribution in [0.25, 0.3) is 65.4 Å². The number of rotatable bonds is 30. The number of carbonyl (C=O) groups excluding carboxylic acids is 6. The van der Waals surface area contributed by atoms with Crippen molar-refractivity contribution in [2.45, 2.75) is 113 Å². The summed E-state index contributed by atoms with van der Waals surface area (Å²) >= 11 is 0. The van der Waals surface area contributed by atoms with E-state index in [2.05, 4.69) is 30.9 Å². The molecule has 6 aromatic heterocycles. The second-order valence-electron chi connectivity index (χ2n) is 29.1. The predicted molar refractivity (Wildman–Crippen MR) is 495 cm³/mol. The molecule has 6 aromatic carbocycles. The summed E-state index contributed by atoms with van der Waals surface area (Å²) in [4.78, 5) is 82.6. The number of aryl methyl sites for hydroxylation is 3. The standard InChI is InChI=1S/6C16H21N3O2/c6*1-19(2)6-5-12-9-17-15-4-3-11(8-14(12)15)7-13-10-21-16(20)18-13/h6*3-4,8-9,13,17H,5-7,10H2,1-2H3,(H,18,20)/t6*13-/m000000/s1/i1D3,2D3,3D,4D,8D,9D,13D;1D3,3D,4D,8D,9D,13D;1D3,2D3,5D2,6D2,9D,13D;3D,4D,8D,9D,13D;1D3,5D2,6D2,9D,13D;5D2,6D2,9D,13D/hD6. The van der Waals surface area contributed by atoms with Gasteiger partial charge in [-0.25, -0.2) is 28.8 Å². The third kappa shape index (κ3) is 26.5. The Kier molecular flexibility index (Phi) is 15.1. The van der Waals surface area contributed by atoms with Gasteiger partial charge in [-0.3, -0.25) is 0 Å². The van der Waals surface area contributed by atoms with Gasteiger partial charge in [-0.2, -0.15) is 0 Å². The predicted octanol–water partition coefficient (Wildman–Crippen LogP) is 11.5. The molecule has 12 N–H and O–H groups in total. The first-order valence-electron chi connectivity index (χ1n) is 66.8. The van der Waals surface area contributed by atoms with Crippen LogP contribution in [0.15, 0.2) is 146 Å². The van der Waals surface area contributed by atoms with Crippen LogP contribution in [0.1, 0.15) is 137 Å². The van der Waals surface area contributed by atoms with E-state index in [1.54, 1.807) is 6.07 Å². The van der Waals surface area contributed by atoms with Gasteiger partial charge in [-0.1, -0.05) is 36.3 Å². The number of carbonyl (C=O) groups is 6. The fourth-order valence-corrected chi connectivity index (χ4v) is 12.8. The number of hydrogen-bond donors (Lipinski definition) is 12. The number of hydrogen-bond acceptors (Lipinski definition) is 18. The maximum absolute atomic E-state index is 11.5. The van der Waals surface area contributed by atoms with Crippen molar-refractivity contribution < 1.29 is 136 Å². The van der Waals surface area contributed by atoms with Gasteiger partial charge in [0.2, 0.25) is 0 Å². The van der Waals surface area contributed by atoms with Crippen molar-refractivity contribution >= 4 is 102 Å². The van der Waals surface area contributed by atoms with Crippen LogP contribution in [0.3, 0.4) is 0 Å². The Morgan fingerprint density at radius 1 is 0.333 bits per heavy atom. The lowest BCUT2D eigenvalue weighted by Gasteiger charge is -2.09. The molecule has 0 spiro atoms. The van der Waals surface area contributed by atoms with Crippen molar-refractivity contribution in [2.24, 2.45) is 0 Å². The summed E-state index contributed by atoms with van der Waals surface area (Å²) in [5.41, 5.74) is 1.60. The number of nitrogens with one attached hydrogen (secondary N) is 12. The lowest BCUT2D eigenvalue weighted by molar-refractivity contribution is 0.176. The fraction of sp³-hybridized carbons (Fsp3) is 0.438. The van der Waals surface area contributed by atoms with Crippen LogP contribution in [-0.2, 0) is 105 Å². The molecule has 30 nitrogen and oxygen atoms in total. The number of alkyl carbamates (subject to hydrolysis) is 6. The molecule has 0 radical (unpaired) electrons. The number of ether oxygens (including phenoxy) is 6. The summed E-state index contributed by atoms with van der Waals surface area (Å²) in [6.07, 6.45) is -17.1. The number of cyclic esters (lactones) is 6. The van der Waals surface area contributed by atoms with Crippen molar-refractivity contribution in [2.75, 3.05) is 163 Å². The van der Waals surface area contributed by atoms with Gasteiger partial charge in [0, 0.05) is 183 Å². The largest absolute Gasteiger partial charge is 0.447 e. The number of likely N-dealkylation sites (N-methyl/N-ethyl adjacent to an activating group) is 6. The highest BCUT2D eigenvalue weighted by molar-refractivity contribution is 5.88. The first-order chi connectivity index (χ1) is 83.4. The van der Waals surface area contributed by atoms with Crippen molar-refractivity contribution in [1.29, 1.82) is 0 Å². The zero-order valence-corrected chi connectivity index (χ0v) is 68.7. The number of aromatic nitrogens is 6. The molecule has 0 bridgehead atoms. The SMILES string of the molecule is [2H]c1[nH]c2c([2H])c([2H])c(C[C@@]3([2H])COC(=O)N3)c([2H])c2c1CCN(C([2H])([2H])[2H])C([2H])([2H])[2H].[2H]c1[nH]c2c([2H])c([2H])c(C[C@@]3([2H])COC(=O)N3)c([2H])c2c1CCN(C)C.[2H]c1[nH]c2c([2H])c([2H])c(C[C@@]3([2H])COC(=O)N3)c([2H])c2c1CCN(C)C([2H])([2H])[2H].[2H]c1c(C([2H])([2H])C([2H])([2H])N(C([2H])([2H])[2H])C([2H])([2H])[2H])c2cc(C[C@@]3([2H])COC(=O)N3[2H])ccc2n1[2H].[2H]c1c(C([2H])([2H])C([2H])([2H])N(C)C([2H])([2H])[2H])c2cc(C[C@@]3([2H])COC(=O)N3[2H])ccc2n1[2H].[2H]c1c(C([2H])([2H])C([2H])([2H])N(C)C)c2cc(C[C@@]3([2H])COC(=O)N3[2H])ccc2n1[2H]. The van der Waals surface area contributed by atoms with Crippen LogP contribution in [0, 0.1) is 0 Å². The molecule has 6 amide bonds. The minimum absolute atomic E-state index is 0.0133. The second-order valence-corrected chi connectivity index (χ2v) is 29.1. The molecule has 6 saturated heterocycles. The molecule has 18 rings (SSSR count). The minimum atomic E-state index is -3.70. The summed E-state index contributed by atoms with van der Waals surface area (Å²) in [6.45, 7) is -29.0. The van der Waals surface area contributed by atoms with Crippen LogP contribution in [-0.4, -0.2) is 295 Å². The molecule has 126 heavy (non-hydrogen) atoms. The minimum Gasteiger partial charge on any atom is -0.447 e. The van der Waals surface area contributed by atoms with Crippen molar-refractivity contribution in [3.63, 3.8) is 0 Å². The summed E-state index contributed by atoms with van der Waals surface area (Å²) in [5, 5.41) is 8.92. The molecule has 6 atom stereocenters. The third-order valence-electron chi connectivity index (χ3n) is 18.7. The van der Waals surface area contributed by atoms with E-state index >= 15 is 0 Å². The smallest absolute Gasteiger partial charge is 0.407 e. The fourth-order valence-electron chi connectivity index (χ4n) is 12.8. The Morgan fingerprint density at radius 3 is 0.937 bits per heavy atom. The monoisotopic (exact) mass is 1780 g/mol. The maximum atomic E-state index is 11.5. The zero-order valence-electron chi connectivity index (χ0n) is 126. The Bertz CT molecular complexity index is 8600. The Morgan fingerprint density at radius 2 is 0.635 bits per heavy atom. The van der Waals surface area contributed by atoms with Crippen LogP contribution in [0.5, 0.6) is 0 Å². The summed E-state index contributed by atoms with van der Waals surface area (Å²) in [7, 11) is 8.94. The lowest BCUT2D eigenvalue weighted by Crippen LogP contribution is -2.28. The molecule has 6 aliphatic heterocycles. The van der Waals surface area contributed by atoms with E-state index in [9.17, 15) is 28.8 Å². The van der Waals surface area contributed by atoms with Gasteiger partial charge in [-0.15, -0.1) is 0 Å². The van der Waals surface area contributed by atoms with E-state index in [4.69, 9.17) is 107 Å². The van der Waals surface area contributed by atoms with Crippen molar-refractivity contribution in [3.05, 3.63) is 213 Å². The molecule has 6 fully saturated rings. The highest BCUT2D eigenvalue weighted by atomic mass is 16.6. The van der Waals surface area contributed by atoms with Gasteiger partial charge in [0.25, 0.3) is 0 Å². The van der Waals surface area contributed by atoms with Gasteiger partial charge in [0.1, 0.15) is 39.6 Å². The summed E-state index contributed by atoms with van der Waals surface area (Å²) in [6, 6.07) is 0.997. The van der Waals surface area contributed by atoms with Crippen LogP contribution in [0.2, 0.25) is 8.47 Å². The first kappa shape index (κ1) is 43.4. The second kappa shape index (κ2) is 43.7. The van der Waals surface area contributed by atoms with E-state index in [1.807, 2.05) is 19.0 Å². The van der Waals surface area contributed by atoms with Gasteiger partial charge < -0.3 is 120 Å². The molecular weight excluding hydrogens is 1600 g/mol. The summed E-state index contributed by atoms with van der Waals surface area (Å²) < 4.78 is 485. The molecule has 0 saturated carbocycles. The van der Waals surface area contributed by atoms with Gasteiger partial charge >= 0.3 is 36.6 Å².